The number of rotatable bonds is 6. The summed E-state index contributed by atoms with van der Waals surface area (Å²) >= 11 is 0. The first-order chi connectivity index (χ1) is 12.1. The lowest BCUT2D eigenvalue weighted by molar-refractivity contribution is -0.123. The maximum Gasteiger partial charge on any atom is 0.336 e. The molecule has 5 nitrogen and oxygen atoms in total. The molecule has 1 aromatic heterocycles. The first-order valence-electron chi connectivity index (χ1n) is 8.10. The Morgan fingerprint density at radius 1 is 1.12 bits per heavy atom. The molecule has 3 aromatic rings. The van der Waals surface area contributed by atoms with Gasteiger partial charge in [-0.3, -0.25) is 4.79 Å². The van der Waals surface area contributed by atoms with Crippen molar-refractivity contribution in [3.05, 3.63) is 76.6 Å². The highest BCUT2D eigenvalue weighted by Gasteiger charge is 2.08. The number of ether oxygens (including phenoxy) is 1. The third-order valence-electron chi connectivity index (χ3n) is 3.94. The molecule has 1 atom stereocenters. The number of benzene rings is 2. The zero-order valence-corrected chi connectivity index (χ0v) is 13.9. The molecule has 2 aromatic carbocycles. The molecule has 0 saturated heterocycles. The molecule has 0 aliphatic heterocycles. The number of carbonyl (C=O) groups excluding carboxylic acids is 1. The molecular formula is C20H19NO4. The van der Waals surface area contributed by atoms with Crippen LogP contribution in [0.1, 0.15) is 18.4 Å². The Morgan fingerprint density at radius 3 is 2.68 bits per heavy atom. The third kappa shape index (κ3) is 4.47. The van der Waals surface area contributed by atoms with Crippen LogP contribution in [-0.4, -0.2) is 19.1 Å². The highest BCUT2D eigenvalue weighted by molar-refractivity contribution is 5.79. The van der Waals surface area contributed by atoms with Crippen LogP contribution in [0, 0.1) is 0 Å². The number of hydrogen-bond acceptors (Lipinski definition) is 4. The summed E-state index contributed by atoms with van der Waals surface area (Å²) in [5, 5.41) is 3.66. The Labute approximate surface area is 145 Å². The predicted molar refractivity (Wildman–Crippen MR) is 95.8 cm³/mol. The van der Waals surface area contributed by atoms with E-state index in [1.807, 2.05) is 30.3 Å². The molecule has 0 saturated carbocycles. The van der Waals surface area contributed by atoms with Crippen LogP contribution in [0.2, 0.25) is 0 Å². The van der Waals surface area contributed by atoms with E-state index in [-0.39, 0.29) is 18.4 Å². The summed E-state index contributed by atoms with van der Waals surface area (Å²) in [5.74, 6) is 0.505. The van der Waals surface area contributed by atoms with Crippen molar-refractivity contribution >= 4 is 16.9 Å². The van der Waals surface area contributed by atoms with Crippen LogP contribution in [-0.2, 0) is 4.79 Å². The van der Waals surface area contributed by atoms with Crippen LogP contribution >= 0.6 is 0 Å². The summed E-state index contributed by atoms with van der Waals surface area (Å²) < 4.78 is 10.6. The van der Waals surface area contributed by atoms with Crippen molar-refractivity contribution in [3.8, 4) is 5.75 Å². The SMILES string of the molecule is C[C@@H](CNC(=O)COc1ccc2ccc(=O)oc2c1)c1ccccc1. The molecule has 128 valence electrons. The lowest BCUT2D eigenvalue weighted by atomic mass is 10.0. The number of amides is 1. The van der Waals surface area contributed by atoms with Crippen molar-refractivity contribution in [3.63, 3.8) is 0 Å². The van der Waals surface area contributed by atoms with Gasteiger partial charge in [-0.1, -0.05) is 37.3 Å². The van der Waals surface area contributed by atoms with Gasteiger partial charge in [-0.05, 0) is 29.7 Å². The first kappa shape index (κ1) is 16.8. The molecule has 3 rings (SSSR count). The minimum Gasteiger partial charge on any atom is -0.484 e. The van der Waals surface area contributed by atoms with E-state index in [1.165, 1.54) is 11.6 Å². The summed E-state index contributed by atoms with van der Waals surface area (Å²) in [4.78, 5) is 23.2. The van der Waals surface area contributed by atoms with Crippen LogP contribution < -0.4 is 15.7 Å². The molecular weight excluding hydrogens is 318 g/mol. The van der Waals surface area contributed by atoms with Crippen LogP contribution in [0.3, 0.4) is 0 Å². The van der Waals surface area contributed by atoms with E-state index in [1.54, 1.807) is 24.3 Å². The van der Waals surface area contributed by atoms with Crippen molar-refractivity contribution < 1.29 is 13.9 Å². The largest absolute Gasteiger partial charge is 0.484 e. The van der Waals surface area contributed by atoms with Gasteiger partial charge in [-0.2, -0.15) is 0 Å². The molecule has 25 heavy (non-hydrogen) atoms. The number of carbonyl (C=O) groups is 1. The highest BCUT2D eigenvalue weighted by Crippen LogP contribution is 2.19. The van der Waals surface area contributed by atoms with Crippen LogP contribution in [0.5, 0.6) is 5.75 Å². The van der Waals surface area contributed by atoms with Gasteiger partial charge < -0.3 is 14.5 Å². The van der Waals surface area contributed by atoms with Gasteiger partial charge in [0.05, 0.1) is 0 Å². The monoisotopic (exact) mass is 337 g/mol. The van der Waals surface area contributed by atoms with Crippen molar-refractivity contribution in [2.75, 3.05) is 13.2 Å². The van der Waals surface area contributed by atoms with Gasteiger partial charge in [0.25, 0.3) is 5.91 Å². The lowest BCUT2D eigenvalue weighted by Gasteiger charge is -2.13. The van der Waals surface area contributed by atoms with Crippen molar-refractivity contribution in [1.82, 2.24) is 5.32 Å². The summed E-state index contributed by atoms with van der Waals surface area (Å²) in [6, 6.07) is 18.2. The molecule has 5 heteroatoms. The maximum atomic E-state index is 12.0. The second-order valence-corrected chi connectivity index (χ2v) is 5.86. The highest BCUT2D eigenvalue weighted by atomic mass is 16.5. The number of hydrogen-bond donors (Lipinski definition) is 1. The first-order valence-corrected chi connectivity index (χ1v) is 8.10. The summed E-state index contributed by atoms with van der Waals surface area (Å²) in [6.07, 6.45) is 0. The maximum absolute atomic E-state index is 12.0. The Hall–Kier alpha value is -3.08. The van der Waals surface area contributed by atoms with E-state index in [4.69, 9.17) is 9.15 Å². The van der Waals surface area contributed by atoms with Crippen LogP contribution in [0.4, 0.5) is 0 Å². The molecule has 1 N–H and O–H groups in total. The standard InChI is InChI=1S/C20H19NO4/c1-14(15-5-3-2-4-6-15)12-21-19(22)13-24-17-9-7-16-8-10-20(23)25-18(16)11-17/h2-11,14H,12-13H2,1H3,(H,21,22)/t14-/m0/s1. The van der Waals surface area contributed by atoms with E-state index in [0.29, 0.717) is 17.9 Å². The second-order valence-electron chi connectivity index (χ2n) is 5.86. The van der Waals surface area contributed by atoms with Gasteiger partial charge in [-0.15, -0.1) is 0 Å². The van der Waals surface area contributed by atoms with Gasteiger partial charge in [-0.25, -0.2) is 4.79 Å². The zero-order valence-electron chi connectivity index (χ0n) is 13.9. The smallest absolute Gasteiger partial charge is 0.336 e. The van der Waals surface area contributed by atoms with Crippen LogP contribution in [0.25, 0.3) is 11.0 Å². The molecule has 0 aliphatic rings. The fraction of sp³-hybridized carbons (Fsp3) is 0.200. The fourth-order valence-electron chi connectivity index (χ4n) is 2.50. The predicted octanol–water partition coefficient (Wildman–Crippen LogP) is 3.09. The summed E-state index contributed by atoms with van der Waals surface area (Å²) in [6.45, 7) is 2.50. The molecule has 0 fully saturated rings. The number of nitrogens with one attached hydrogen (secondary N) is 1. The van der Waals surface area contributed by atoms with Gasteiger partial charge in [0.2, 0.25) is 0 Å². The minimum atomic E-state index is -0.419. The minimum absolute atomic E-state index is 0.0932. The topological polar surface area (TPSA) is 68.5 Å². The normalized spacial score (nSPS) is 11.9. The van der Waals surface area contributed by atoms with Crippen LogP contribution in [0.15, 0.2) is 69.9 Å². The summed E-state index contributed by atoms with van der Waals surface area (Å²) in [5.41, 5.74) is 1.19. The Balaban J connectivity index is 1.53. The van der Waals surface area contributed by atoms with Crippen molar-refractivity contribution in [1.29, 1.82) is 0 Å². The van der Waals surface area contributed by atoms with E-state index < -0.39 is 5.63 Å². The van der Waals surface area contributed by atoms with Gasteiger partial charge >= 0.3 is 5.63 Å². The summed E-state index contributed by atoms with van der Waals surface area (Å²) in [7, 11) is 0. The van der Waals surface area contributed by atoms with E-state index >= 15 is 0 Å². The van der Waals surface area contributed by atoms with Crippen molar-refractivity contribution in [2.45, 2.75) is 12.8 Å². The zero-order chi connectivity index (χ0) is 17.6. The molecule has 1 amide bonds. The van der Waals surface area contributed by atoms with E-state index in [9.17, 15) is 9.59 Å². The molecule has 0 spiro atoms. The molecule has 0 aliphatic carbocycles. The average Bonchev–Trinajstić information content (AvgIpc) is 2.64. The van der Waals surface area contributed by atoms with Gasteiger partial charge in [0.15, 0.2) is 6.61 Å². The second kappa shape index (κ2) is 7.66. The lowest BCUT2D eigenvalue weighted by Crippen LogP contribution is -2.31. The van der Waals surface area contributed by atoms with Gasteiger partial charge in [0.1, 0.15) is 11.3 Å². The van der Waals surface area contributed by atoms with Crippen molar-refractivity contribution in [2.24, 2.45) is 0 Å². The molecule has 0 bridgehead atoms. The molecule has 0 radical (unpaired) electrons. The average molecular weight is 337 g/mol. The quantitative estimate of drug-likeness (QED) is 0.702. The Morgan fingerprint density at radius 2 is 1.88 bits per heavy atom. The molecule has 0 unspecified atom stereocenters. The molecule has 1 heterocycles. The van der Waals surface area contributed by atoms with E-state index in [0.717, 1.165) is 5.39 Å². The Bertz CT molecular complexity index is 918. The van der Waals surface area contributed by atoms with Gasteiger partial charge in [0, 0.05) is 24.1 Å². The fourth-order valence-corrected chi connectivity index (χ4v) is 2.50. The number of fused-ring (bicyclic) bond motifs is 1. The Kier molecular flexibility index (Phi) is 5.14. The van der Waals surface area contributed by atoms with E-state index in [2.05, 4.69) is 12.2 Å². The third-order valence-corrected chi connectivity index (χ3v) is 3.94.